The topological polar surface area (TPSA) is 82.8 Å². The summed E-state index contributed by atoms with van der Waals surface area (Å²) in [5.41, 5.74) is 0.740. The number of nitrogens with zero attached hydrogens (tertiary/aromatic N) is 5. The van der Waals surface area contributed by atoms with Crippen molar-refractivity contribution in [1.82, 2.24) is 25.1 Å². The molecular weight excluding hydrogens is 282 g/mol. The summed E-state index contributed by atoms with van der Waals surface area (Å²) in [4.78, 5) is 4.23. The molecule has 3 aromatic heterocycles. The van der Waals surface area contributed by atoms with Crippen LogP contribution in [0.3, 0.4) is 0 Å². The van der Waals surface area contributed by atoms with Gasteiger partial charge in [0, 0.05) is 0 Å². The van der Waals surface area contributed by atoms with E-state index in [4.69, 9.17) is 20.5 Å². The zero-order chi connectivity index (χ0) is 13.9. The zero-order valence-corrected chi connectivity index (χ0v) is 11.5. The van der Waals surface area contributed by atoms with Gasteiger partial charge in [-0.2, -0.15) is 4.98 Å². The van der Waals surface area contributed by atoms with Gasteiger partial charge >= 0.3 is 0 Å². The number of aromatic nitrogens is 5. The number of halogens is 1. The summed E-state index contributed by atoms with van der Waals surface area (Å²) in [7, 11) is 0. The van der Waals surface area contributed by atoms with Crippen molar-refractivity contribution in [2.75, 3.05) is 0 Å². The molecule has 0 saturated carbocycles. The lowest BCUT2D eigenvalue weighted by Gasteiger charge is -1.98. The highest BCUT2D eigenvalue weighted by molar-refractivity contribution is 6.20. The Morgan fingerprint density at radius 1 is 1.45 bits per heavy atom. The molecule has 3 rings (SSSR count). The van der Waals surface area contributed by atoms with E-state index in [1.165, 1.54) is 0 Å². The minimum atomic E-state index is -0.132. The summed E-state index contributed by atoms with van der Waals surface area (Å²) in [5.74, 6) is 1.37. The van der Waals surface area contributed by atoms with Crippen LogP contribution in [0.5, 0.6) is 0 Å². The van der Waals surface area contributed by atoms with E-state index in [1.807, 2.05) is 6.92 Å². The first-order valence-corrected chi connectivity index (χ1v) is 6.60. The fraction of sp³-hybridized carbons (Fsp3) is 0.333. The van der Waals surface area contributed by atoms with Crippen LogP contribution in [-0.4, -0.2) is 25.1 Å². The number of rotatable bonds is 5. The van der Waals surface area contributed by atoms with E-state index in [0.717, 1.165) is 12.1 Å². The Morgan fingerprint density at radius 3 is 3.10 bits per heavy atom. The number of furan rings is 1. The average molecular weight is 294 g/mol. The van der Waals surface area contributed by atoms with Crippen LogP contribution in [0.4, 0.5) is 0 Å². The van der Waals surface area contributed by atoms with Crippen LogP contribution in [0.2, 0.25) is 0 Å². The maximum atomic E-state index is 6.10. The van der Waals surface area contributed by atoms with Gasteiger partial charge in [0.05, 0.1) is 17.8 Å². The van der Waals surface area contributed by atoms with E-state index in [0.29, 0.717) is 24.0 Å². The van der Waals surface area contributed by atoms with Gasteiger partial charge in [0.1, 0.15) is 12.2 Å². The lowest BCUT2D eigenvalue weighted by molar-refractivity contribution is 0.406. The Labute approximate surface area is 119 Å². The molecule has 104 valence electrons. The van der Waals surface area contributed by atoms with Crippen molar-refractivity contribution in [3.63, 3.8) is 0 Å². The summed E-state index contributed by atoms with van der Waals surface area (Å²) in [6.45, 7) is 2.36. The molecule has 1 atom stereocenters. The van der Waals surface area contributed by atoms with Crippen LogP contribution in [0.25, 0.3) is 11.7 Å². The standard InChI is InChI=1S/C12H12ClN5O2/c1-2-8(13)9-6-18(17-15-9)7-11-14-12(20-16-11)10-4-3-5-19-10/h3-6,8H,2,7H2,1H3. The molecule has 0 saturated heterocycles. The van der Waals surface area contributed by atoms with Gasteiger partial charge < -0.3 is 8.94 Å². The van der Waals surface area contributed by atoms with E-state index >= 15 is 0 Å². The largest absolute Gasteiger partial charge is 0.459 e. The van der Waals surface area contributed by atoms with Crippen LogP contribution in [-0.2, 0) is 6.54 Å². The molecule has 0 N–H and O–H groups in total. The molecular formula is C12H12ClN5O2. The SMILES string of the molecule is CCC(Cl)c1cn(Cc2noc(-c3ccco3)n2)nn1. The maximum Gasteiger partial charge on any atom is 0.293 e. The Balaban J connectivity index is 1.73. The predicted molar refractivity (Wildman–Crippen MR) is 70.0 cm³/mol. The van der Waals surface area contributed by atoms with Crippen molar-refractivity contribution in [2.24, 2.45) is 0 Å². The molecule has 0 fully saturated rings. The minimum absolute atomic E-state index is 0.132. The highest BCUT2D eigenvalue weighted by Gasteiger charge is 2.14. The van der Waals surface area contributed by atoms with Gasteiger partial charge in [-0.3, -0.25) is 0 Å². The van der Waals surface area contributed by atoms with Crippen LogP contribution < -0.4 is 0 Å². The normalized spacial score (nSPS) is 12.7. The number of hydrogen-bond donors (Lipinski definition) is 0. The first-order valence-electron chi connectivity index (χ1n) is 6.17. The van der Waals surface area contributed by atoms with E-state index < -0.39 is 0 Å². The molecule has 7 nitrogen and oxygen atoms in total. The maximum absolute atomic E-state index is 6.10. The fourth-order valence-corrected chi connectivity index (χ4v) is 1.81. The van der Waals surface area contributed by atoms with Crippen molar-refractivity contribution in [3.8, 4) is 11.7 Å². The van der Waals surface area contributed by atoms with Gasteiger partial charge in [-0.1, -0.05) is 17.3 Å². The third-order valence-corrected chi connectivity index (χ3v) is 3.27. The molecule has 3 aromatic rings. The number of hydrogen-bond acceptors (Lipinski definition) is 6. The van der Waals surface area contributed by atoms with Gasteiger partial charge in [0.15, 0.2) is 11.6 Å². The van der Waals surface area contributed by atoms with E-state index in [9.17, 15) is 0 Å². The Kier molecular flexibility index (Phi) is 3.51. The van der Waals surface area contributed by atoms with Crippen LogP contribution >= 0.6 is 11.6 Å². The molecule has 0 aliphatic carbocycles. The van der Waals surface area contributed by atoms with Gasteiger partial charge in [0.25, 0.3) is 5.89 Å². The molecule has 0 aliphatic rings. The second-order valence-electron chi connectivity index (χ2n) is 4.21. The van der Waals surface area contributed by atoms with E-state index in [1.54, 1.807) is 29.3 Å². The quantitative estimate of drug-likeness (QED) is 0.673. The monoisotopic (exact) mass is 293 g/mol. The van der Waals surface area contributed by atoms with Crippen molar-refractivity contribution in [2.45, 2.75) is 25.3 Å². The fourth-order valence-electron chi connectivity index (χ4n) is 1.71. The smallest absolute Gasteiger partial charge is 0.293 e. The molecule has 3 heterocycles. The molecule has 0 aromatic carbocycles. The Morgan fingerprint density at radius 2 is 2.35 bits per heavy atom. The van der Waals surface area contributed by atoms with Gasteiger partial charge in [0.2, 0.25) is 0 Å². The van der Waals surface area contributed by atoms with E-state index in [2.05, 4.69) is 20.5 Å². The van der Waals surface area contributed by atoms with Gasteiger partial charge in [-0.05, 0) is 18.6 Å². The predicted octanol–water partition coefficient (Wildman–Crippen LogP) is 2.66. The molecule has 0 spiro atoms. The van der Waals surface area contributed by atoms with Crippen LogP contribution in [0, 0.1) is 0 Å². The summed E-state index contributed by atoms with van der Waals surface area (Å²) in [5, 5.41) is 11.7. The lowest BCUT2D eigenvalue weighted by Crippen LogP contribution is -2.02. The molecule has 0 amide bonds. The zero-order valence-electron chi connectivity index (χ0n) is 10.7. The second-order valence-corrected chi connectivity index (χ2v) is 4.74. The highest BCUT2D eigenvalue weighted by Crippen LogP contribution is 2.21. The third kappa shape index (κ3) is 2.57. The molecule has 0 bridgehead atoms. The van der Waals surface area contributed by atoms with Gasteiger partial charge in [-0.15, -0.1) is 16.7 Å². The highest BCUT2D eigenvalue weighted by atomic mass is 35.5. The van der Waals surface area contributed by atoms with Crippen molar-refractivity contribution < 1.29 is 8.94 Å². The van der Waals surface area contributed by atoms with Gasteiger partial charge in [-0.25, -0.2) is 4.68 Å². The van der Waals surface area contributed by atoms with Crippen LogP contribution in [0.15, 0.2) is 33.5 Å². The first kappa shape index (κ1) is 12.9. The van der Waals surface area contributed by atoms with Crippen LogP contribution in [0.1, 0.15) is 30.2 Å². The summed E-state index contributed by atoms with van der Waals surface area (Å²) in [6.07, 6.45) is 4.13. The van der Waals surface area contributed by atoms with Crippen molar-refractivity contribution in [3.05, 3.63) is 36.1 Å². The lowest BCUT2D eigenvalue weighted by atomic mass is 10.3. The van der Waals surface area contributed by atoms with E-state index in [-0.39, 0.29) is 5.38 Å². The Bertz CT molecular complexity index is 676. The molecule has 0 radical (unpaired) electrons. The van der Waals surface area contributed by atoms with Crippen molar-refractivity contribution >= 4 is 11.6 Å². The molecule has 1 unspecified atom stereocenters. The average Bonchev–Trinajstić information content (AvgIpc) is 3.19. The molecule has 8 heteroatoms. The minimum Gasteiger partial charge on any atom is -0.459 e. The summed E-state index contributed by atoms with van der Waals surface area (Å²) in [6, 6.07) is 3.51. The number of alkyl halides is 1. The molecule has 0 aliphatic heterocycles. The third-order valence-electron chi connectivity index (χ3n) is 2.74. The molecule has 20 heavy (non-hydrogen) atoms. The second kappa shape index (κ2) is 5.46. The summed E-state index contributed by atoms with van der Waals surface area (Å²) < 4.78 is 11.9. The van der Waals surface area contributed by atoms with Crippen molar-refractivity contribution in [1.29, 1.82) is 0 Å². The Hall–Kier alpha value is -2.15. The first-order chi connectivity index (χ1) is 9.76. The summed E-state index contributed by atoms with van der Waals surface area (Å²) >= 11 is 6.10.